The minimum atomic E-state index is 0.0431. The van der Waals surface area contributed by atoms with Crippen molar-refractivity contribution in [3.05, 3.63) is 58.2 Å². The molecule has 0 unspecified atom stereocenters. The van der Waals surface area contributed by atoms with Crippen molar-refractivity contribution in [1.29, 1.82) is 5.26 Å². The molecule has 2 fully saturated rings. The number of nitrogens with zero attached hydrogens (tertiary/aromatic N) is 5. The monoisotopic (exact) mass is 528 g/mol. The Bertz CT molecular complexity index is 1420. The summed E-state index contributed by atoms with van der Waals surface area (Å²) in [5.41, 5.74) is 6.57. The van der Waals surface area contributed by atoms with Crippen molar-refractivity contribution in [3.63, 3.8) is 0 Å². The van der Waals surface area contributed by atoms with Gasteiger partial charge < -0.3 is 15.0 Å². The van der Waals surface area contributed by atoms with Crippen LogP contribution in [0.4, 0.5) is 17.3 Å². The number of fused-ring (bicyclic) bond motifs is 1. The fourth-order valence-electron chi connectivity index (χ4n) is 5.88. The largest absolute Gasteiger partial charge is 0.494 e. The molecule has 1 N–H and O–H groups in total. The van der Waals surface area contributed by atoms with Crippen LogP contribution >= 0.6 is 11.6 Å². The van der Waals surface area contributed by atoms with E-state index in [-0.39, 0.29) is 5.41 Å². The van der Waals surface area contributed by atoms with Crippen LogP contribution in [0.5, 0.6) is 5.75 Å². The number of anilines is 3. The van der Waals surface area contributed by atoms with Crippen molar-refractivity contribution >= 4 is 28.9 Å². The molecule has 2 aromatic carbocycles. The second-order valence-electron chi connectivity index (χ2n) is 11.2. The first-order chi connectivity index (χ1) is 18.4. The molecular formula is C30H33ClN6O. The van der Waals surface area contributed by atoms with Gasteiger partial charge in [0, 0.05) is 50.0 Å². The average Bonchev–Trinajstić information content (AvgIpc) is 3.73. The number of ether oxygens (including phenoxy) is 1. The maximum Gasteiger partial charge on any atom is 0.227 e. The zero-order valence-corrected chi connectivity index (χ0v) is 23.0. The summed E-state index contributed by atoms with van der Waals surface area (Å²) in [7, 11) is 1.66. The summed E-state index contributed by atoms with van der Waals surface area (Å²) in [6, 6.07) is 13.1. The molecule has 0 radical (unpaired) electrons. The van der Waals surface area contributed by atoms with Gasteiger partial charge in [0.05, 0.1) is 40.8 Å². The zero-order chi connectivity index (χ0) is 26.4. The van der Waals surface area contributed by atoms with Crippen LogP contribution in [0, 0.1) is 11.3 Å². The Morgan fingerprint density at radius 1 is 1.13 bits per heavy atom. The molecule has 8 heteroatoms. The number of nitriles is 1. The van der Waals surface area contributed by atoms with Crippen LogP contribution in [-0.2, 0) is 11.8 Å². The second kappa shape index (κ2) is 9.76. The molecular weight excluding hydrogens is 496 g/mol. The van der Waals surface area contributed by atoms with Crippen molar-refractivity contribution in [2.75, 3.05) is 43.5 Å². The molecule has 0 atom stereocenters. The molecule has 1 saturated heterocycles. The van der Waals surface area contributed by atoms with Crippen LogP contribution < -0.4 is 15.0 Å². The number of aromatic nitrogens is 2. The van der Waals surface area contributed by atoms with E-state index in [2.05, 4.69) is 46.1 Å². The highest BCUT2D eigenvalue weighted by Crippen LogP contribution is 2.42. The molecule has 0 spiro atoms. The number of hydrogen-bond donors (Lipinski definition) is 1. The quantitative estimate of drug-likeness (QED) is 0.425. The molecule has 1 aromatic heterocycles. The van der Waals surface area contributed by atoms with Gasteiger partial charge in [0.15, 0.2) is 0 Å². The van der Waals surface area contributed by atoms with E-state index in [1.165, 1.54) is 24.0 Å². The number of methoxy groups -OCH3 is 1. The smallest absolute Gasteiger partial charge is 0.227 e. The van der Waals surface area contributed by atoms with Crippen molar-refractivity contribution in [2.45, 2.75) is 51.0 Å². The summed E-state index contributed by atoms with van der Waals surface area (Å²) in [5.74, 6) is 1.13. The molecule has 3 aliphatic rings. The Morgan fingerprint density at radius 2 is 1.92 bits per heavy atom. The Morgan fingerprint density at radius 3 is 2.63 bits per heavy atom. The fraction of sp³-hybridized carbons (Fsp3) is 0.433. The van der Waals surface area contributed by atoms with Gasteiger partial charge in [-0.15, -0.1) is 0 Å². The summed E-state index contributed by atoms with van der Waals surface area (Å²) in [6.45, 7) is 8.53. The standard InChI is InChI=1S/C30H33ClN6O/c1-30(2)8-6-22-20(18-32)14-19(15-23(22)30)25-7-9-33-29(34-25)35-26-16-24(31)27(17-28(26)38-3)37-12-10-36(11-13-37)21-4-5-21/h7,9,14-17,21H,4-6,8,10-13H2,1-3H3,(H,33,34,35). The lowest BCUT2D eigenvalue weighted by Gasteiger charge is -2.36. The first-order valence-corrected chi connectivity index (χ1v) is 13.8. The van der Waals surface area contributed by atoms with Gasteiger partial charge in [0.25, 0.3) is 0 Å². The Balaban J connectivity index is 1.26. The number of halogens is 1. The topological polar surface area (TPSA) is 77.3 Å². The Labute approximate surface area is 229 Å². The van der Waals surface area contributed by atoms with Crippen LogP contribution in [0.1, 0.15) is 49.8 Å². The predicted molar refractivity (Wildman–Crippen MR) is 152 cm³/mol. The molecule has 0 bridgehead atoms. The van der Waals surface area contributed by atoms with Gasteiger partial charge in [-0.1, -0.05) is 25.4 Å². The zero-order valence-electron chi connectivity index (χ0n) is 22.2. The van der Waals surface area contributed by atoms with Crippen LogP contribution in [0.3, 0.4) is 0 Å². The average molecular weight is 529 g/mol. The van der Waals surface area contributed by atoms with Gasteiger partial charge in [-0.2, -0.15) is 5.26 Å². The molecule has 196 valence electrons. The SMILES string of the molecule is COc1cc(N2CCN(C3CC3)CC2)c(Cl)cc1Nc1nccc(-c2cc(C#N)c3c(c2)C(C)(C)CC3)n1. The van der Waals surface area contributed by atoms with E-state index in [4.69, 9.17) is 21.3 Å². The van der Waals surface area contributed by atoms with E-state index in [1.54, 1.807) is 13.3 Å². The van der Waals surface area contributed by atoms with Crippen molar-refractivity contribution in [1.82, 2.24) is 14.9 Å². The molecule has 6 rings (SSSR count). The van der Waals surface area contributed by atoms with E-state index in [1.807, 2.05) is 24.3 Å². The number of benzene rings is 2. The third kappa shape index (κ3) is 4.68. The van der Waals surface area contributed by atoms with Gasteiger partial charge in [-0.25, -0.2) is 9.97 Å². The van der Waals surface area contributed by atoms with Crippen molar-refractivity contribution in [3.8, 4) is 23.1 Å². The Kier molecular flexibility index (Phi) is 6.41. The normalized spacial score (nSPS) is 18.7. The maximum atomic E-state index is 9.81. The molecule has 0 amide bonds. The lowest BCUT2D eigenvalue weighted by molar-refractivity contribution is 0.248. The third-order valence-electron chi connectivity index (χ3n) is 8.28. The molecule has 1 saturated carbocycles. The molecule has 7 nitrogen and oxygen atoms in total. The third-order valence-corrected chi connectivity index (χ3v) is 8.59. The molecule has 1 aliphatic heterocycles. The lowest BCUT2D eigenvalue weighted by atomic mass is 9.84. The van der Waals surface area contributed by atoms with E-state index in [0.29, 0.717) is 22.4 Å². The number of hydrogen-bond acceptors (Lipinski definition) is 7. The number of nitrogens with one attached hydrogen (secondary N) is 1. The molecule has 2 aliphatic carbocycles. The first kappa shape index (κ1) is 25.0. The summed E-state index contributed by atoms with van der Waals surface area (Å²) < 4.78 is 5.74. The number of rotatable bonds is 6. The summed E-state index contributed by atoms with van der Waals surface area (Å²) in [6.07, 6.45) is 6.39. The van der Waals surface area contributed by atoms with Gasteiger partial charge in [-0.3, -0.25) is 4.90 Å². The highest BCUT2D eigenvalue weighted by molar-refractivity contribution is 6.33. The maximum absolute atomic E-state index is 9.81. The van der Waals surface area contributed by atoms with Crippen molar-refractivity contribution in [2.24, 2.45) is 0 Å². The van der Waals surface area contributed by atoms with Gasteiger partial charge >= 0.3 is 0 Å². The predicted octanol–water partition coefficient (Wildman–Crippen LogP) is 5.93. The van der Waals surface area contributed by atoms with Crippen LogP contribution in [-0.4, -0.2) is 54.2 Å². The Hall–Kier alpha value is -3.34. The van der Waals surface area contributed by atoms with Gasteiger partial charge in [0.1, 0.15) is 5.75 Å². The second-order valence-corrected chi connectivity index (χ2v) is 11.6. The van der Waals surface area contributed by atoms with Crippen molar-refractivity contribution < 1.29 is 4.74 Å². The highest BCUT2D eigenvalue weighted by atomic mass is 35.5. The van der Waals surface area contributed by atoms with E-state index < -0.39 is 0 Å². The summed E-state index contributed by atoms with van der Waals surface area (Å²) in [5, 5.41) is 13.8. The van der Waals surface area contributed by atoms with E-state index >= 15 is 0 Å². The van der Waals surface area contributed by atoms with E-state index in [0.717, 1.165) is 67.6 Å². The molecule has 2 heterocycles. The first-order valence-electron chi connectivity index (χ1n) is 13.4. The van der Waals surface area contributed by atoms with Crippen LogP contribution in [0.2, 0.25) is 5.02 Å². The van der Waals surface area contributed by atoms with Gasteiger partial charge in [-0.05, 0) is 66.5 Å². The molecule has 38 heavy (non-hydrogen) atoms. The van der Waals surface area contributed by atoms with Gasteiger partial charge in [0.2, 0.25) is 5.95 Å². The summed E-state index contributed by atoms with van der Waals surface area (Å²) >= 11 is 6.79. The number of piperazine rings is 1. The van der Waals surface area contributed by atoms with Crippen LogP contribution in [0.25, 0.3) is 11.3 Å². The minimum absolute atomic E-state index is 0.0431. The van der Waals surface area contributed by atoms with E-state index in [9.17, 15) is 5.26 Å². The molecule has 3 aromatic rings. The highest BCUT2D eigenvalue weighted by Gasteiger charge is 2.33. The fourth-order valence-corrected chi connectivity index (χ4v) is 6.17. The minimum Gasteiger partial charge on any atom is -0.494 e. The summed E-state index contributed by atoms with van der Waals surface area (Å²) in [4.78, 5) is 14.2. The van der Waals surface area contributed by atoms with Crippen LogP contribution in [0.15, 0.2) is 36.5 Å². The lowest BCUT2D eigenvalue weighted by Crippen LogP contribution is -2.47.